The van der Waals surface area contributed by atoms with E-state index < -0.39 is 0 Å². The van der Waals surface area contributed by atoms with Gasteiger partial charge in [-0.2, -0.15) is 0 Å². The van der Waals surface area contributed by atoms with Crippen molar-refractivity contribution in [2.75, 3.05) is 12.4 Å². The van der Waals surface area contributed by atoms with Crippen LogP contribution in [0.1, 0.15) is 48.0 Å². The Kier molecular flexibility index (Phi) is 6.84. The molecule has 1 amide bonds. The number of methoxy groups -OCH3 is 1. The Bertz CT molecular complexity index is 853. The summed E-state index contributed by atoms with van der Waals surface area (Å²) >= 11 is 0. The maximum atomic E-state index is 12.2. The van der Waals surface area contributed by atoms with Gasteiger partial charge in [0.2, 0.25) is 5.91 Å². The molecule has 0 radical (unpaired) electrons. The summed E-state index contributed by atoms with van der Waals surface area (Å²) in [5.41, 5.74) is 1.75. The van der Waals surface area contributed by atoms with Gasteiger partial charge in [0.1, 0.15) is 0 Å². The number of para-hydroxylation sites is 1. The van der Waals surface area contributed by atoms with E-state index in [4.69, 9.17) is 9.47 Å². The highest BCUT2D eigenvalue weighted by Gasteiger charge is 2.17. The zero-order valence-corrected chi connectivity index (χ0v) is 16.0. The number of carbonyl (C=O) groups is 2. The fourth-order valence-electron chi connectivity index (χ4n) is 3.31. The van der Waals surface area contributed by atoms with Gasteiger partial charge in [-0.15, -0.1) is 0 Å². The number of ether oxygens (including phenoxy) is 2. The van der Waals surface area contributed by atoms with Crippen molar-refractivity contribution in [3.8, 4) is 11.5 Å². The van der Waals surface area contributed by atoms with Gasteiger partial charge >= 0.3 is 0 Å². The number of anilines is 1. The molecule has 28 heavy (non-hydrogen) atoms. The van der Waals surface area contributed by atoms with Crippen LogP contribution in [0.3, 0.4) is 0 Å². The van der Waals surface area contributed by atoms with E-state index in [0.717, 1.165) is 30.4 Å². The molecule has 5 nitrogen and oxygen atoms in total. The smallest absolute Gasteiger partial charge is 0.248 e. The summed E-state index contributed by atoms with van der Waals surface area (Å²) in [7, 11) is 1.61. The van der Waals surface area contributed by atoms with Gasteiger partial charge in [-0.1, -0.05) is 24.6 Å². The Morgan fingerprint density at radius 3 is 2.61 bits per heavy atom. The second-order valence-corrected chi connectivity index (χ2v) is 6.82. The monoisotopic (exact) mass is 379 g/mol. The minimum Gasteiger partial charge on any atom is -0.493 e. The van der Waals surface area contributed by atoms with Crippen molar-refractivity contribution in [3.63, 3.8) is 0 Å². The van der Waals surface area contributed by atoms with Crippen molar-refractivity contribution in [2.45, 2.75) is 38.2 Å². The molecule has 0 heterocycles. The molecule has 146 valence electrons. The molecule has 3 rings (SSSR count). The van der Waals surface area contributed by atoms with Gasteiger partial charge in [0, 0.05) is 11.6 Å². The van der Waals surface area contributed by atoms with Gasteiger partial charge < -0.3 is 14.8 Å². The SMILES string of the molecule is COc1cc(/C=C/C(=O)Nc2ccccc2C=O)ccc1OC1CCCCC1. The van der Waals surface area contributed by atoms with Crippen LogP contribution in [-0.2, 0) is 4.79 Å². The highest BCUT2D eigenvalue weighted by atomic mass is 16.5. The van der Waals surface area contributed by atoms with E-state index in [1.807, 2.05) is 18.2 Å². The maximum absolute atomic E-state index is 12.2. The lowest BCUT2D eigenvalue weighted by Gasteiger charge is -2.24. The van der Waals surface area contributed by atoms with Crippen LogP contribution < -0.4 is 14.8 Å². The predicted octanol–water partition coefficient (Wildman–Crippen LogP) is 4.87. The Labute approximate surface area is 165 Å². The third-order valence-electron chi connectivity index (χ3n) is 4.81. The van der Waals surface area contributed by atoms with Gasteiger partial charge in [0.15, 0.2) is 17.8 Å². The first-order chi connectivity index (χ1) is 13.7. The van der Waals surface area contributed by atoms with Crippen LogP contribution in [0.2, 0.25) is 0 Å². The van der Waals surface area contributed by atoms with Crippen LogP contribution in [0.5, 0.6) is 11.5 Å². The lowest BCUT2D eigenvalue weighted by Crippen LogP contribution is -2.19. The van der Waals surface area contributed by atoms with Gasteiger partial charge in [0.05, 0.1) is 18.9 Å². The number of hydrogen-bond donors (Lipinski definition) is 1. The van der Waals surface area contributed by atoms with Gasteiger partial charge in [0.25, 0.3) is 0 Å². The quantitative estimate of drug-likeness (QED) is 0.550. The highest BCUT2D eigenvalue weighted by molar-refractivity contribution is 6.04. The molecule has 0 unspecified atom stereocenters. The molecule has 1 saturated carbocycles. The molecule has 0 spiro atoms. The highest BCUT2D eigenvalue weighted by Crippen LogP contribution is 2.32. The van der Waals surface area contributed by atoms with Crippen molar-refractivity contribution in [3.05, 3.63) is 59.7 Å². The molecule has 2 aromatic rings. The van der Waals surface area contributed by atoms with E-state index in [1.165, 1.54) is 25.3 Å². The molecular formula is C23H25NO4. The average molecular weight is 379 g/mol. The van der Waals surface area contributed by atoms with Gasteiger partial charge in [-0.3, -0.25) is 9.59 Å². The third kappa shape index (κ3) is 5.22. The van der Waals surface area contributed by atoms with Gasteiger partial charge in [-0.25, -0.2) is 0 Å². The Hall–Kier alpha value is -3.08. The molecule has 0 atom stereocenters. The molecule has 0 bridgehead atoms. The van der Waals surface area contributed by atoms with Crippen LogP contribution in [0, 0.1) is 0 Å². The fraction of sp³-hybridized carbons (Fsp3) is 0.304. The first-order valence-electron chi connectivity index (χ1n) is 9.57. The number of carbonyl (C=O) groups excluding carboxylic acids is 2. The second-order valence-electron chi connectivity index (χ2n) is 6.82. The van der Waals surface area contributed by atoms with Gasteiger partial charge in [-0.05, 0) is 61.6 Å². The minimum atomic E-state index is -0.309. The Morgan fingerprint density at radius 2 is 1.86 bits per heavy atom. The van der Waals surface area contributed by atoms with Crippen LogP contribution in [0.4, 0.5) is 5.69 Å². The summed E-state index contributed by atoms with van der Waals surface area (Å²) in [5.74, 6) is 1.08. The van der Waals surface area contributed by atoms with E-state index in [2.05, 4.69) is 5.32 Å². The number of hydrogen-bond acceptors (Lipinski definition) is 4. The molecule has 1 fully saturated rings. The van der Waals surface area contributed by atoms with E-state index in [1.54, 1.807) is 37.5 Å². The van der Waals surface area contributed by atoms with Crippen LogP contribution in [0.15, 0.2) is 48.5 Å². The molecule has 1 aliphatic rings. The Balaban J connectivity index is 1.66. The first kappa shape index (κ1) is 19.7. The summed E-state index contributed by atoms with van der Waals surface area (Å²) in [6.45, 7) is 0. The second kappa shape index (κ2) is 9.74. The van der Waals surface area contributed by atoms with Crippen LogP contribution in [0.25, 0.3) is 6.08 Å². The van der Waals surface area contributed by atoms with Crippen molar-refractivity contribution in [1.82, 2.24) is 0 Å². The lowest BCUT2D eigenvalue weighted by atomic mass is 9.98. The standard InChI is InChI=1S/C23H25NO4/c1-27-22-15-17(11-13-21(22)28-19-8-3-2-4-9-19)12-14-23(26)24-20-10-6-5-7-18(20)16-25/h5-7,10-16,19H,2-4,8-9H2,1H3,(H,24,26)/b14-12+. The lowest BCUT2D eigenvalue weighted by molar-refractivity contribution is -0.111. The molecule has 1 aliphatic carbocycles. The zero-order valence-electron chi connectivity index (χ0n) is 16.0. The first-order valence-corrected chi connectivity index (χ1v) is 9.57. The topological polar surface area (TPSA) is 64.6 Å². The molecule has 0 aliphatic heterocycles. The third-order valence-corrected chi connectivity index (χ3v) is 4.81. The fourth-order valence-corrected chi connectivity index (χ4v) is 3.31. The number of rotatable bonds is 7. The van der Waals surface area contributed by atoms with Crippen LogP contribution in [-0.4, -0.2) is 25.4 Å². The summed E-state index contributed by atoms with van der Waals surface area (Å²) in [5, 5.41) is 2.71. The number of aldehydes is 1. The predicted molar refractivity (Wildman–Crippen MR) is 110 cm³/mol. The van der Waals surface area contributed by atoms with Crippen molar-refractivity contribution >= 4 is 24.0 Å². The number of nitrogens with one attached hydrogen (secondary N) is 1. The van der Waals surface area contributed by atoms with Crippen LogP contribution >= 0.6 is 0 Å². The van der Waals surface area contributed by atoms with E-state index >= 15 is 0 Å². The number of benzene rings is 2. The van der Waals surface area contributed by atoms with Crippen molar-refractivity contribution < 1.29 is 19.1 Å². The molecule has 0 aromatic heterocycles. The Morgan fingerprint density at radius 1 is 1.07 bits per heavy atom. The molecule has 2 aromatic carbocycles. The average Bonchev–Trinajstić information content (AvgIpc) is 2.74. The number of amides is 1. The minimum absolute atomic E-state index is 0.243. The molecule has 5 heteroatoms. The van der Waals surface area contributed by atoms with E-state index in [0.29, 0.717) is 17.0 Å². The van der Waals surface area contributed by atoms with E-state index in [-0.39, 0.29) is 12.0 Å². The molecular weight excluding hydrogens is 354 g/mol. The summed E-state index contributed by atoms with van der Waals surface area (Å²) in [6, 6.07) is 12.5. The largest absolute Gasteiger partial charge is 0.493 e. The summed E-state index contributed by atoms with van der Waals surface area (Å²) in [4.78, 5) is 23.2. The normalized spacial score (nSPS) is 14.6. The summed E-state index contributed by atoms with van der Waals surface area (Å²) < 4.78 is 11.6. The van der Waals surface area contributed by atoms with Crippen molar-refractivity contribution in [2.24, 2.45) is 0 Å². The zero-order chi connectivity index (χ0) is 19.8. The molecule has 0 saturated heterocycles. The summed E-state index contributed by atoms with van der Waals surface area (Å²) in [6.07, 6.45) is 9.93. The maximum Gasteiger partial charge on any atom is 0.248 e. The van der Waals surface area contributed by atoms with Crippen molar-refractivity contribution in [1.29, 1.82) is 0 Å². The molecule has 1 N–H and O–H groups in total. The van der Waals surface area contributed by atoms with E-state index in [9.17, 15) is 9.59 Å².